The Hall–Kier alpha value is -1.89. The molecule has 0 radical (unpaired) electrons. The van der Waals surface area contributed by atoms with Crippen molar-refractivity contribution in [2.45, 2.75) is 13.0 Å². The number of esters is 1. The molecule has 3 rings (SSSR count). The number of rotatable bonds is 3. The van der Waals surface area contributed by atoms with Gasteiger partial charge in [0.25, 0.3) is 0 Å². The Morgan fingerprint density at radius 1 is 1.09 bits per heavy atom. The molecule has 1 atom stereocenters. The van der Waals surface area contributed by atoms with Crippen molar-refractivity contribution in [2.24, 2.45) is 0 Å². The summed E-state index contributed by atoms with van der Waals surface area (Å²) in [4.78, 5) is 24.8. The van der Waals surface area contributed by atoms with E-state index in [2.05, 4.69) is 0 Å². The number of methoxy groups -OCH3 is 1. The Kier molecular flexibility index (Phi) is 4.15. The van der Waals surface area contributed by atoms with Gasteiger partial charge in [-0.25, -0.2) is 0 Å². The quantitative estimate of drug-likeness (QED) is 0.445. The molecular weight excluding hydrogens is 393 g/mol. The molecule has 1 aliphatic rings. The maximum absolute atomic E-state index is 12.8. The van der Waals surface area contributed by atoms with Crippen molar-refractivity contribution >= 4 is 32.0 Å². The van der Waals surface area contributed by atoms with Crippen LogP contribution < -0.4 is 0 Å². The summed E-state index contributed by atoms with van der Waals surface area (Å²) in [5, 5.41) is 0. The van der Waals surface area contributed by atoms with Crippen molar-refractivity contribution in [3.05, 3.63) is 67.3 Å². The third-order valence-corrected chi connectivity index (χ3v) is 9.75. The van der Waals surface area contributed by atoms with Crippen LogP contribution >= 0.6 is 20.1 Å². The van der Waals surface area contributed by atoms with E-state index in [4.69, 9.17) is 4.74 Å². The van der Waals surface area contributed by atoms with Crippen LogP contribution in [0.4, 0.5) is 0 Å². The number of amides is 1. The van der Waals surface area contributed by atoms with Crippen LogP contribution in [0.3, 0.4) is 0 Å². The first kappa shape index (κ1) is 15.0. The van der Waals surface area contributed by atoms with Gasteiger partial charge in [-0.1, -0.05) is 0 Å². The van der Waals surface area contributed by atoms with Crippen LogP contribution in [0.25, 0.3) is 0 Å². The third-order valence-electron chi connectivity index (χ3n) is 3.50. The van der Waals surface area contributed by atoms with Crippen molar-refractivity contribution in [1.82, 2.24) is 3.11 Å². The van der Waals surface area contributed by atoms with Gasteiger partial charge >= 0.3 is 137 Å². The van der Waals surface area contributed by atoms with Gasteiger partial charge in [0, 0.05) is 0 Å². The molecule has 5 heteroatoms. The molecule has 0 aromatic heterocycles. The monoisotopic (exact) mass is 409 g/mol. The number of ether oxygens (including phenoxy) is 1. The molecule has 0 saturated carbocycles. The summed E-state index contributed by atoms with van der Waals surface area (Å²) < 4.78 is 8.83. The number of fused-ring (bicyclic) bond motifs is 1. The van der Waals surface area contributed by atoms with Gasteiger partial charge in [-0.05, 0) is 0 Å². The number of benzene rings is 2. The second-order valence-electron chi connectivity index (χ2n) is 4.85. The molecule has 2 aromatic carbocycles. The van der Waals surface area contributed by atoms with Crippen molar-refractivity contribution in [3.8, 4) is 0 Å². The Labute approximate surface area is 136 Å². The van der Waals surface area contributed by atoms with E-state index in [1.165, 1.54) is 7.11 Å². The molecule has 0 spiro atoms. The summed E-state index contributed by atoms with van der Waals surface area (Å²) in [5.74, 6) is -0.443. The molecule has 0 N–H and O–H groups in total. The van der Waals surface area contributed by atoms with E-state index in [0.29, 0.717) is 5.56 Å². The van der Waals surface area contributed by atoms with Crippen LogP contribution in [0.5, 0.6) is 0 Å². The number of carbonyl (C=O) groups excluding carboxylic acids is 2. The Balaban J connectivity index is 2.12. The summed E-state index contributed by atoms with van der Waals surface area (Å²) in [6, 6.07) is 17.1. The van der Waals surface area contributed by atoms with Crippen LogP contribution in [0.1, 0.15) is 17.3 Å². The Bertz CT molecular complexity index is 717. The Morgan fingerprint density at radius 3 is 2.41 bits per heavy atom. The number of nitrogens with zero attached hydrogens (tertiary/aromatic N) is 1. The minimum atomic E-state index is -2.17. The molecule has 4 nitrogen and oxygen atoms in total. The molecule has 0 aliphatic carbocycles. The minimum absolute atomic E-state index is 0.0671. The average molecular weight is 409 g/mol. The SMILES string of the molecule is COC(=O)[C@H](C)N1C(=O)c2ccccc2I1c1ccccc1. The first-order valence-electron chi connectivity index (χ1n) is 6.90. The van der Waals surface area contributed by atoms with E-state index >= 15 is 0 Å². The van der Waals surface area contributed by atoms with E-state index in [1.54, 1.807) is 10.0 Å². The van der Waals surface area contributed by atoms with Crippen molar-refractivity contribution in [2.75, 3.05) is 7.11 Å². The van der Waals surface area contributed by atoms with Gasteiger partial charge in [0.2, 0.25) is 0 Å². The summed E-state index contributed by atoms with van der Waals surface area (Å²) >= 11 is -2.17. The van der Waals surface area contributed by atoms with E-state index in [9.17, 15) is 9.59 Å². The van der Waals surface area contributed by atoms with Gasteiger partial charge in [0.1, 0.15) is 0 Å². The molecule has 1 aliphatic heterocycles. The van der Waals surface area contributed by atoms with E-state index in [0.717, 1.165) is 7.14 Å². The van der Waals surface area contributed by atoms with Crippen LogP contribution in [-0.2, 0) is 9.53 Å². The molecule has 0 bridgehead atoms. The van der Waals surface area contributed by atoms with E-state index in [-0.39, 0.29) is 11.9 Å². The van der Waals surface area contributed by atoms with Gasteiger partial charge in [-0.15, -0.1) is 0 Å². The normalized spacial score (nSPS) is 16.4. The summed E-state index contributed by atoms with van der Waals surface area (Å²) in [7, 11) is 1.35. The molecule has 1 amide bonds. The van der Waals surface area contributed by atoms with Crippen molar-refractivity contribution < 1.29 is 14.3 Å². The zero-order valence-electron chi connectivity index (χ0n) is 12.3. The topological polar surface area (TPSA) is 46.6 Å². The first-order valence-corrected chi connectivity index (χ1v) is 10.0. The zero-order valence-corrected chi connectivity index (χ0v) is 14.5. The second-order valence-corrected chi connectivity index (χ2v) is 9.81. The van der Waals surface area contributed by atoms with Crippen molar-refractivity contribution in [1.29, 1.82) is 0 Å². The van der Waals surface area contributed by atoms with Gasteiger partial charge < -0.3 is 0 Å². The predicted octanol–water partition coefficient (Wildman–Crippen LogP) is 3.16. The van der Waals surface area contributed by atoms with Gasteiger partial charge in [-0.3, -0.25) is 0 Å². The van der Waals surface area contributed by atoms with Crippen molar-refractivity contribution in [3.63, 3.8) is 0 Å². The molecule has 114 valence electrons. The van der Waals surface area contributed by atoms with E-state index < -0.39 is 26.1 Å². The third kappa shape index (κ3) is 2.39. The van der Waals surface area contributed by atoms with Crippen LogP contribution in [0, 0.1) is 7.14 Å². The molecule has 0 fully saturated rings. The summed E-state index contributed by atoms with van der Waals surface area (Å²) in [6.07, 6.45) is 0. The molecule has 0 saturated heterocycles. The number of hydrogen-bond acceptors (Lipinski definition) is 3. The fraction of sp³-hybridized carbons (Fsp3) is 0.176. The average Bonchev–Trinajstić information content (AvgIpc) is 2.87. The van der Waals surface area contributed by atoms with Gasteiger partial charge in [-0.2, -0.15) is 0 Å². The standard InChI is InChI=1S/C17H16INO3/c1-12(17(21)22-2)19-16(20)14-10-6-7-11-15(14)18(19)13-8-4-3-5-9-13/h3-12H,1-2H3/t12-/m0/s1. The fourth-order valence-electron chi connectivity index (χ4n) is 2.42. The number of hydrogen-bond donors (Lipinski definition) is 0. The Morgan fingerprint density at radius 2 is 1.73 bits per heavy atom. The first-order chi connectivity index (χ1) is 10.6. The summed E-state index contributed by atoms with van der Waals surface area (Å²) in [5.41, 5.74) is 0.715. The summed E-state index contributed by atoms with van der Waals surface area (Å²) in [6.45, 7) is 1.74. The van der Waals surface area contributed by atoms with E-state index in [1.807, 2.05) is 54.6 Å². The van der Waals surface area contributed by atoms with Crippen LogP contribution in [-0.4, -0.2) is 28.1 Å². The van der Waals surface area contributed by atoms with Crippen LogP contribution in [0.15, 0.2) is 54.6 Å². The zero-order chi connectivity index (χ0) is 15.7. The molecule has 2 aromatic rings. The van der Waals surface area contributed by atoms with Gasteiger partial charge in [0.15, 0.2) is 0 Å². The molecule has 0 unspecified atom stereocenters. The molecular formula is C17H16INO3. The number of halogens is 1. The van der Waals surface area contributed by atoms with Crippen LogP contribution in [0.2, 0.25) is 0 Å². The molecule has 22 heavy (non-hydrogen) atoms. The molecule has 1 heterocycles. The number of carbonyl (C=O) groups is 2. The second kappa shape index (κ2) is 6.08. The predicted molar refractivity (Wildman–Crippen MR) is 91.9 cm³/mol. The fourth-order valence-corrected chi connectivity index (χ4v) is 8.62. The van der Waals surface area contributed by atoms with Gasteiger partial charge in [0.05, 0.1) is 0 Å². The maximum atomic E-state index is 12.8.